The van der Waals surface area contributed by atoms with E-state index in [1.165, 1.54) is 32.2 Å². The fourth-order valence-electron chi connectivity index (χ4n) is 3.70. The van der Waals surface area contributed by atoms with Crippen molar-refractivity contribution in [3.8, 4) is 0 Å². The summed E-state index contributed by atoms with van der Waals surface area (Å²) < 4.78 is 0. The first-order valence-electron chi connectivity index (χ1n) is 8.73. The number of anilines is 2. The summed E-state index contributed by atoms with van der Waals surface area (Å²) >= 11 is 7.35. The van der Waals surface area contributed by atoms with Gasteiger partial charge in [-0.2, -0.15) is 0 Å². The van der Waals surface area contributed by atoms with E-state index < -0.39 is 0 Å². The normalized spacial score (nSPS) is 16.0. The Balaban J connectivity index is 1.89. The van der Waals surface area contributed by atoms with Crippen LogP contribution in [0.4, 0.5) is 10.7 Å². The second-order valence-electron chi connectivity index (χ2n) is 6.71. The number of nitrogens with zero attached hydrogens (tertiary/aromatic N) is 1. The highest BCUT2D eigenvalue weighted by molar-refractivity contribution is 7.80. The SMILES string of the molecule is CCCC(=S)Cc1ccc2c(c1N(C)C)CCC2Nc1cccs1. The van der Waals surface area contributed by atoms with Crippen molar-refractivity contribution in [1.82, 2.24) is 0 Å². The third-order valence-electron chi connectivity index (χ3n) is 4.66. The topological polar surface area (TPSA) is 15.3 Å². The van der Waals surface area contributed by atoms with E-state index in [2.05, 4.69) is 60.9 Å². The summed E-state index contributed by atoms with van der Waals surface area (Å²) in [6, 6.07) is 9.31. The Hall–Kier alpha value is -1.39. The second-order valence-corrected chi connectivity index (χ2v) is 8.24. The summed E-state index contributed by atoms with van der Waals surface area (Å²) in [6.07, 6.45) is 5.40. The number of thiophene rings is 1. The van der Waals surface area contributed by atoms with E-state index in [0.29, 0.717) is 6.04 Å². The Labute approximate surface area is 154 Å². The fourth-order valence-corrected chi connectivity index (χ4v) is 4.73. The van der Waals surface area contributed by atoms with Gasteiger partial charge in [0.25, 0.3) is 0 Å². The zero-order chi connectivity index (χ0) is 17.1. The lowest BCUT2D eigenvalue weighted by atomic mass is 9.97. The molecular formula is C20H26N2S2. The minimum Gasteiger partial charge on any atom is -0.377 e. The van der Waals surface area contributed by atoms with E-state index in [9.17, 15) is 0 Å². The van der Waals surface area contributed by atoms with Crippen molar-refractivity contribution in [2.45, 2.75) is 45.1 Å². The molecule has 1 N–H and O–H groups in total. The molecule has 0 saturated carbocycles. The minimum absolute atomic E-state index is 0.425. The number of rotatable bonds is 7. The average molecular weight is 359 g/mol. The highest BCUT2D eigenvalue weighted by Gasteiger charge is 2.27. The maximum absolute atomic E-state index is 5.58. The number of thiocarbonyl (C=S) groups is 1. The van der Waals surface area contributed by atoms with Gasteiger partial charge in [-0.1, -0.05) is 37.7 Å². The van der Waals surface area contributed by atoms with Crippen molar-refractivity contribution >= 4 is 39.1 Å². The highest BCUT2D eigenvalue weighted by Crippen LogP contribution is 2.41. The second kappa shape index (κ2) is 7.66. The molecule has 1 aliphatic carbocycles. The Kier molecular flexibility index (Phi) is 5.57. The highest BCUT2D eigenvalue weighted by atomic mass is 32.1. The molecule has 0 amide bonds. The molecule has 3 rings (SSSR count). The molecule has 0 bridgehead atoms. The van der Waals surface area contributed by atoms with Gasteiger partial charge in [0.1, 0.15) is 0 Å². The van der Waals surface area contributed by atoms with Crippen LogP contribution in [0.25, 0.3) is 0 Å². The van der Waals surface area contributed by atoms with Crippen molar-refractivity contribution in [2.75, 3.05) is 24.3 Å². The lowest BCUT2D eigenvalue weighted by Gasteiger charge is -2.23. The van der Waals surface area contributed by atoms with Crippen LogP contribution in [0.3, 0.4) is 0 Å². The standard InChI is InChI=1S/C20H26N2S2/c1-4-6-15(23)13-14-8-9-16-17(20(14)22(2)3)10-11-18(16)21-19-7-5-12-24-19/h5,7-9,12,18,21H,4,6,10-11,13H2,1-3H3. The molecule has 0 aliphatic heterocycles. The van der Waals surface area contributed by atoms with Gasteiger partial charge in [-0.25, -0.2) is 0 Å². The largest absolute Gasteiger partial charge is 0.377 e. The summed E-state index contributed by atoms with van der Waals surface area (Å²) in [7, 11) is 4.31. The Morgan fingerprint density at radius 3 is 2.83 bits per heavy atom. The third-order valence-corrected chi connectivity index (χ3v) is 5.81. The van der Waals surface area contributed by atoms with Gasteiger partial charge in [-0.3, -0.25) is 0 Å². The number of fused-ring (bicyclic) bond motifs is 1. The van der Waals surface area contributed by atoms with Crippen LogP contribution in [0.5, 0.6) is 0 Å². The van der Waals surface area contributed by atoms with Crippen LogP contribution in [0.1, 0.15) is 48.9 Å². The molecule has 0 saturated heterocycles. The van der Waals surface area contributed by atoms with Crippen molar-refractivity contribution in [2.24, 2.45) is 0 Å². The van der Waals surface area contributed by atoms with E-state index >= 15 is 0 Å². The minimum atomic E-state index is 0.425. The number of hydrogen-bond donors (Lipinski definition) is 1. The molecule has 24 heavy (non-hydrogen) atoms. The molecule has 4 heteroatoms. The van der Waals surface area contributed by atoms with E-state index in [0.717, 1.165) is 32.1 Å². The molecule has 0 spiro atoms. The quantitative estimate of drug-likeness (QED) is 0.646. The van der Waals surface area contributed by atoms with Gasteiger partial charge in [0.2, 0.25) is 0 Å². The van der Waals surface area contributed by atoms with Crippen LogP contribution in [0.15, 0.2) is 29.6 Å². The van der Waals surface area contributed by atoms with Gasteiger partial charge in [-0.05, 0) is 58.3 Å². The molecule has 2 nitrogen and oxygen atoms in total. The molecule has 1 heterocycles. The van der Waals surface area contributed by atoms with Crippen LogP contribution in [-0.2, 0) is 12.8 Å². The maximum Gasteiger partial charge on any atom is 0.0887 e. The van der Waals surface area contributed by atoms with Gasteiger partial charge in [0.05, 0.1) is 11.0 Å². The summed E-state index contributed by atoms with van der Waals surface area (Å²) in [5.41, 5.74) is 5.73. The lowest BCUT2D eigenvalue weighted by Crippen LogP contribution is -2.16. The van der Waals surface area contributed by atoms with Crippen molar-refractivity contribution in [3.05, 3.63) is 46.3 Å². The van der Waals surface area contributed by atoms with E-state index in [1.807, 2.05) is 0 Å². The molecule has 1 aromatic carbocycles. The summed E-state index contributed by atoms with van der Waals surface area (Å²) in [5.74, 6) is 0. The summed E-state index contributed by atoms with van der Waals surface area (Å²) in [5, 5.41) is 7.08. The molecule has 128 valence electrons. The van der Waals surface area contributed by atoms with Gasteiger partial charge >= 0.3 is 0 Å². The first-order valence-corrected chi connectivity index (χ1v) is 10.0. The lowest BCUT2D eigenvalue weighted by molar-refractivity contribution is 0.764. The molecule has 0 radical (unpaired) electrons. The number of nitrogens with one attached hydrogen (secondary N) is 1. The van der Waals surface area contributed by atoms with Crippen molar-refractivity contribution < 1.29 is 0 Å². The Bertz CT molecular complexity index is 705. The molecule has 1 aliphatic rings. The predicted octanol–water partition coefficient (Wildman–Crippen LogP) is 5.63. The molecule has 1 atom stereocenters. The zero-order valence-corrected chi connectivity index (χ0v) is 16.4. The van der Waals surface area contributed by atoms with Crippen LogP contribution < -0.4 is 10.2 Å². The molecule has 1 aromatic heterocycles. The summed E-state index contributed by atoms with van der Waals surface area (Å²) in [4.78, 5) is 3.45. The van der Waals surface area contributed by atoms with E-state index in [1.54, 1.807) is 11.3 Å². The molecular weight excluding hydrogens is 332 g/mol. The molecule has 2 aromatic rings. The maximum atomic E-state index is 5.58. The van der Waals surface area contributed by atoms with Crippen molar-refractivity contribution in [1.29, 1.82) is 0 Å². The van der Waals surface area contributed by atoms with Gasteiger partial charge in [-0.15, -0.1) is 11.3 Å². The van der Waals surface area contributed by atoms with Crippen LogP contribution in [-0.4, -0.2) is 19.0 Å². The van der Waals surface area contributed by atoms with E-state index in [-0.39, 0.29) is 0 Å². The first-order chi connectivity index (χ1) is 11.6. The number of hydrogen-bond acceptors (Lipinski definition) is 4. The van der Waals surface area contributed by atoms with Crippen LogP contribution in [0, 0.1) is 0 Å². The zero-order valence-electron chi connectivity index (χ0n) is 14.8. The fraction of sp³-hybridized carbons (Fsp3) is 0.450. The van der Waals surface area contributed by atoms with Crippen LogP contribution >= 0.6 is 23.6 Å². The molecule has 1 unspecified atom stereocenters. The first kappa shape index (κ1) is 17.4. The Morgan fingerprint density at radius 2 is 2.17 bits per heavy atom. The monoisotopic (exact) mass is 358 g/mol. The van der Waals surface area contributed by atoms with Gasteiger partial charge in [0.15, 0.2) is 0 Å². The number of benzene rings is 1. The van der Waals surface area contributed by atoms with Gasteiger partial charge < -0.3 is 10.2 Å². The smallest absolute Gasteiger partial charge is 0.0887 e. The predicted molar refractivity (Wildman–Crippen MR) is 111 cm³/mol. The van der Waals surface area contributed by atoms with E-state index in [4.69, 9.17) is 12.2 Å². The van der Waals surface area contributed by atoms with Gasteiger partial charge in [0, 0.05) is 26.2 Å². The molecule has 0 fully saturated rings. The Morgan fingerprint density at radius 1 is 1.33 bits per heavy atom. The average Bonchev–Trinajstić information content (AvgIpc) is 3.17. The third kappa shape index (κ3) is 3.65. The van der Waals surface area contributed by atoms with Crippen LogP contribution in [0.2, 0.25) is 0 Å². The summed E-state index contributed by atoms with van der Waals surface area (Å²) in [6.45, 7) is 2.20. The van der Waals surface area contributed by atoms with Crippen molar-refractivity contribution in [3.63, 3.8) is 0 Å².